The van der Waals surface area contributed by atoms with E-state index in [4.69, 9.17) is 0 Å². The molecule has 0 radical (unpaired) electrons. The van der Waals surface area contributed by atoms with Crippen LogP contribution < -0.4 is 10.6 Å². The van der Waals surface area contributed by atoms with Crippen LogP contribution in [0.3, 0.4) is 0 Å². The van der Waals surface area contributed by atoms with E-state index in [1.54, 1.807) is 4.31 Å². The minimum atomic E-state index is -3.68. The Balaban J connectivity index is 1.48. The van der Waals surface area contributed by atoms with E-state index in [1.165, 1.54) is 24.3 Å². The van der Waals surface area contributed by atoms with Crippen molar-refractivity contribution in [3.8, 4) is 0 Å². The smallest absolute Gasteiger partial charge is 0.319 e. The quantitative estimate of drug-likeness (QED) is 0.560. The van der Waals surface area contributed by atoms with Crippen molar-refractivity contribution in [1.29, 1.82) is 0 Å². The van der Waals surface area contributed by atoms with E-state index >= 15 is 0 Å². The number of pyridine rings is 1. The standard InChI is InChI=1S/C24H34FN5O3S/c1-4-12-30(34(32,33)23-7-5-20(25)6-8-23)22-9-13-29(14-10-22)15-11-26-24(31)28-21-16-18(2)27-19(3)17-21/h5-8,16-17,22H,4,9-15H2,1-3H3,(H2,26,27,28,31). The fourth-order valence-corrected chi connectivity index (χ4v) is 6.08. The Labute approximate surface area is 201 Å². The second-order valence-corrected chi connectivity index (χ2v) is 10.6. The number of hydrogen-bond acceptors (Lipinski definition) is 5. The van der Waals surface area contributed by atoms with Crippen LogP contribution in [0.2, 0.25) is 0 Å². The molecule has 2 amide bonds. The monoisotopic (exact) mass is 491 g/mol. The van der Waals surface area contributed by atoms with Crippen LogP contribution in [0.5, 0.6) is 0 Å². The minimum absolute atomic E-state index is 0.0966. The lowest BCUT2D eigenvalue weighted by Gasteiger charge is -2.37. The number of carbonyl (C=O) groups excluding carboxylic acids is 1. The maximum absolute atomic E-state index is 13.3. The molecule has 0 atom stereocenters. The van der Waals surface area contributed by atoms with Crippen molar-refractivity contribution in [3.05, 3.63) is 53.6 Å². The zero-order valence-electron chi connectivity index (χ0n) is 20.1. The van der Waals surface area contributed by atoms with Crippen LogP contribution in [0.4, 0.5) is 14.9 Å². The molecule has 1 aliphatic rings. The average molecular weight is 492 g/mol. The van der Waals surface area contributed by atoms with Crippen LogP contribution in [-0.2, 0) is 10.0 Å². The number of piperidine rings is 1. The van der Waals surface area contributed by atoms with E-state index in [1.807, 2.05) is 32.9 Å². The number of anilines is 1. The Morgan fingerprint density at radius 1 is 1.15 bits per heavy atom. The largest absolute Gasteiger partial charge is 0.337 e. The Bertz CT molecular complexity index is 1050. The first kappa shape index (κ1) is 26.1. The molecule has 10 heteroatoms. The zero-order valence-corrected chi connectivity index (χ0v) is 20.9. The van der Waals surface area contributed by atoms with Crippen molar-refractivity contribution in [2.24, 2.45) is 0 Å². The van der Waals surface area contributed by atoms with Crippen LogP contribution >= 0.6 is 0 Å². The molecule has 8 nitrogen and oxygen atoms in total. The Morgan fingerprint density at radius 2 is 1.76 bits per heavy atom. The number of likely N-dealkylation sites (tertiary alicyclic amines) is 1. The highest BCUT2D eigenvalue weighted by Gasteiger charge is 2.33. The predicted octanol–water partition coefficient (Wildman–Crippen LogP) is 3.52. The molecule has 186 valence electrons. The van der Waals surface area contributed by atoms with E-state index in [9.17, 15) is 17.6 Å². The lowest BCUT2D eigenvalue weighted by Crippen LogP contribution is -2.48. The van der Waals surface area contributed by atoms with Crippen molar-refractivity contribution in [2.75, 3.05) is 38.0 Å². The Kier molecular flexibility index (Phi) is 8.98. The van der Waals surface area contributed by atoms with Gasteiger partial charge in [-0.3, -0.25) is 4.98 Å². The number of nitrogens with one attached hydrogen (secondary N) is 2. The number of urea groups is 1. The van der Waals surface area contributed by atoms with Crippen LogP contribution in [0.1, 0.15) is 37.6 Å². The SMILES string of the molecule is CCCN(C1CCN(CCNC(=O)Nc2cc(C)nc(C)c2)CC1)S(=O)(=O)c1ccc(F)cc1. The number of aryl methyl sites for hydroxylation is 2. The van der Waals surface area contributed by atoms with E-state index in [-0.39, 0.29) is 17.0 Å². The minimum Gasteiger partial charge on any atom is -0.337 e. The van der Waals surface area contributed by atoms with Crippen molar-refractivity contribution < 1.29 is 17.6 Å². The molecule has 1 aromatic heterocycles. The molecule has 0 unspecified atom stereocenters. The summed E-state index contributed by atoms with van der Waals surface area (Å²) in [4.78, 5) is 18.8. The van der Waals surface area contributed by atoms with Gasteiger partial charge in [0, 0.05) is 42.8 Å². The van der Waals surface area contributed by atoms with Crippen LogP contribution in [0.25, 0.3) is 0 Å². The maximum atomic E-state index is 13.3. The first-order chi connectivity index (χ1) is 16.2. The maximum Gasteiger partial charge on any atom is 0.319 e. The zero-order chi connectivity index (χ0) is 24.7. The van der Waals surface area contributed by atoms with Gasteiger partial charge < -0.3 is 15.5 Å². The third-order valence-electron chi connectivity index (χ3n) is 5.88. The molecular weight excluding hydrogens is 457 g/mol. The Hall–Kier alpha value is -2.56. The number of amides is 2. The van der Waals surface area contributed by atoms with Gasteiger partial charge in [0.05, 0.1) is 4.90 Å². The van der Waals surface area contributed by atoms with Gasteiger partial charge >= 0.3 is 6.03 Å². The summed E-state index contributed by atoms with van der Waals surface area (Å²) in [6, 6.07) is 8.29. The second kappa shape index (κ2) is 11.7. The molecule has 2 heterocycles. The van der Waals surface area contributed by atoms with E-state index in [2.05, 4.69) is 20.5 Å². The number of aromatic nitrogens is 1. The topological polar surface area (TPSA) is 94.6 Å². The second-order valence-electron chi connectivity index (χ2n) is 8.66. The first-order valence-electron chi connectivity index (χ1n) is 11.7. The van der Waals surface area contributed by atoms with Gasteiger partial charge in [-0.25, -0.2) is 17.6 Å². The van der Waals surface area contributed by atoms with Gasteiger partial charge in [-0.05, 0) is 82.6 Å². The summed E-state index contributed by atoms with van der Waals surface area (Å²) in [6.07, 6.45) is 2.13. The molecule has 1 aliphatic heterocycles. The summed E-state index contributed by atoms with van der Waals surface area (Å²) in [6.45, 7) is 8.82. The number of carbonyl (C=O) groups is 1. The van der Waals surface area contributed by atoms with Crippen molar-refractivity contribution >= 4 is 21.7 Å². The molecular formula is C24H34FN5O3S. The molecule has 3 rings (SSSR count). The molecule has 0 spiro atoms. The summed E-state index contributed by atoms with van der Waals surface area (Å²) in [5.74, 6) is -0.456. The van der Waals surface area contributed by atoms with E-state index in [0.29, 0.717) is 44.6 Å². The summed E-state index contributed by atoms with van der Waals surface area (Å²) in [7, 11) is -3.68. The number of halogens is 1. The number of rotatable bonds is 9. The molecule has 0 bridgehead atoms. The van der Waals surface area contributed by atoms with Crippen molar-refractivity contribution in [2.45, 2.75) is 51.0 Å². The molecule has 0 saturated carbocycles. The summed E-state index contributed by atoms with van der Waals surface area (Å²) < 4.78 is 41.2. The number of nitrogens with zero attached hydrogens (tertiary/aromatic N) is 3. The molecule has 2 N–H and O–H groups in total. The van der Waals surface area contributed by atoms with Crippen molar-refractivity contribution in [3.63, 3.8) is 0 Å². The van der Waals surface area contributed by atoms with Gasteiger partial charge in [-0.2, -0.15) is 4.31 Å². The highest BCUT2D eigenvalue weighted by Crippen LogP contribution is 2.25. The molecule has 1 aromatic carbocycles. The third kappa shape index (κ3) is 6.97. The number of hydrogen-bond donors (Lipinski definition) is 2. The summed E-state index contributed by atoms with van der Waals surface area (Å²) in [5.41, 5.74) is 2.40. The fourth-order valence-electron chi connectivity index (χ4n) is 4.30. The van der Waals surface area contributed by atoms with Crippen LogP contribution in [0.15, 0.2) is 41.3 Å². The fraction of sp³-hybridized carbons (Fsp3) is 0.500. The van der Waals surface area contributed by atoms with Gasteiger partial charge in [0.15, 0.2) is 0 Å². The van der Waals surface area contributed by atoms with E-state index < -0.39 is 15.8 Å². The van der Waals surface area contributed by atoms with Gasteiger partial charge in [-0.1, -0.05) is 6.92 Å². The molecule has 0 aliphatic carbocycles. The summed E-state index contributed by atoms with van der Waals surface area (Å²) in [5, 5.41) is 5.70. The van der Waals surface area contributed by atoms with Gasteiger partial charge in [0.1, 0.15) is 5.82 Å². The predicted molar refractivity (Wildman–Crippen MR) is 131 cm³/mol. The van der Waals surface area contributed by atoms with Gasteiger partial charge in [0.25, 0.3) is 0 Å². The highest BCUT2D eigenvalue weighted by atomic mass is 32.2. The Morgan fingerprint density at radius 3 is 2.35 bits per heavy atom. The molecule has 1 saturated heterocycles. The van der Waals surface area contributed by atoms with Gasteiger partial charge in [0.2, 0.25) is 10.0 Å². The highest BCUT2D eigenvalue weighted by molar-refractivity contribution is 7.89. The normalized spacial score (nSPS) is 15.4. The average Bonchev–Trinajstić information content (AvgIpc) is 2.77. The van der Waals surface area contributed by atoms with E-state index in [0.717, 1.165) is 24.5 Å². The lowest BCUT2D eigenvalue weighted by atomic mass is 10.0. The first-order valence-corrected chi connectivity index (χ1v) is 13.1. The molecule has 2 aromatic rings. The summed E-state index contributed by atoms with van der Waals surface area (Å²) >= 11 is 0. The molecule has 1 fully saturated rings. The lowest BCUT2D eigenvalue weighted by molar-refractivity contribution is 0.159. The number of sulfonamides is 1. The molecule has 34 heavy (non-hydrogen) atoms. The van der Waals surface area contributed by atoms with Crippen LogP contribution in [-0.4, -0.2) is 67.4 Å². The number of benzene rings is 1. The van der Waals surface area contributed by atoms with Crippen LogP contribution in [0, 0.1) is 19.7 Å². The van der Waals surface area contributed by atoms with Crippen molar-refractivity contribution in [1.82, 2.24) is 19.5 Å². The van der Waals surface area contributed by atoms with Gasteiger partial charge in [-0.15, -0.1) is 0 Å². The third-order valence-corrected chi connectivity index (χ3v) is 7.85.